The van der Waals surface area contributed by atoms with E-state index in [9.17, 15) is 0 Å². The number of hydrogen-bond donors (Lipinski definition) is 1. The molecule has 3 aromatic rings. The van der Waals surface area contributed by atoms with Gasteiger partial charge < -0.3 is 14.1 Å². The highest BCUT2D eigenvalue weighted by Crippen LogP contribution is 2.45. The van der Waals surface area contributed by atoms with E-state index >= 15 is 0 Å². The Hall–Kier alpha value is -2.46. The molecule has 2 heterocycles. The Morgan fingerprint density at radius 3 is 2.31 bits per heavy atom. The first-order valence-electron chi connectivity index (χ1n) is 13.7. The van der Waals surface area contributed by atoms with Gasteiger partial charge >= 0.3 is 0 Å². The summed E-state index contributed by atoms with van der Waals surface area (Å²) in [6, 6.07) is 8.89. The van der Waals surface area contributed by atoms with E-state index < -0.39 is 8.32 Å². The third-order valence-corrected chi connectivity index (χ3v) is 14.2. The van der Waals surface area contributed by atoms with Gasteiger partial charge in [-0.1, -0.05) is 53.2 Å². The molecule has 0 radical (unpaired) electrons. The van der Waals surface area contributed by atoms with Crippen molar-refractivity contribution in [1.82, 2.24) is 4.98 Å². The van der Waals surface area contributed by atoms with Crippen molar-refractivity contribution >= 4 is 36.2 Å². The van der Waals surface area contributed by atoms with Gasteiger partial charge in [-0.05, 0) is 93.1 Å². The van der Waals surface area contributed by atoms with Crippen LogP contribution in [0, 0.1) is 6.92 Å². The quantitative estimate of drug-likeness (QED) is 0.245. The number of aryl methyl sites for hydroxylation is 1. The van der Waals surface area contributed by atoms with Crippen molar-refractivity contribution in [1.29, 1.82) is 0 Å². The van der Waals surface area contributed by atoms with Gasteiger partial charge in [0.05, 0.1) is 11.0 Å². The first-order chi connectivity index (χ1) is 16.9. The number of fused-ring (bicyclic) bond motifs is 5. The summed E-state index contributed by atoms with van der Waals surface area (Å²) in [5, 5.41) is 2.48. The molecule has 1 unspecified atom stereocenters. The number of rotatable bonds is 8. The number of allylic oxidation sites excluding steroid dienone is 2. The summed E-state index contributed by atoms with van der Waals surface area (Å²) >= 11 is 0. The SMILES string of the molecule is CC(C)=CCCC1(C)C=Cc2c(c(C)cc3c2[nH]c2cc(O[Si](C(C)C)(C(C)C)C(C)C)ccc23)O1. The van der Waals surface area contributed by atoms with Crippen molar-refractivity contribution < 1.29 is 9.16 Å². The minimum Gasteiger partial charge on any atom is -0.543 e. The van der Waals surface area contributed by atoms with Crippen LogP contribution in [0.25, 0.3) is 27.9 Å². The molecule has 1 aliphatic rings. The van der Waals surface area contributed by atoms with E-state index in [1.807, 2.05) is 0 Å². The molecule has 1 atom stereocenters. The van der Waals surface area contributed by atoms with Crippen LogP contribution in [0.4, 0.5) is 0 Å². The Morgan fingerprint density at radius 2 is 1.69 bits per heavy atom. The molecule has 0 amide bonds. The van der Waals surface area contributed by atoms with Gasteiger partial charge in [-0.3, -0.25) is 0 Å². The monoisotopic (exact) mass is 503 g/mol. The summed E-state index contributed by atoms with van der Waals surface area (Å²) in [6.07, 6.45) is 8.77. The van der Waals surface area contributed by atoms with Gasteiger partial charge in [-0.2, -0.15) is 0 Å². The van der Waals surface area contributed by atoms with Crippen LogP contribution in [-0.4, -0.2) is 18.9 Å². The molecule has 0 bridgehead atoms. The maximum absolute atomic E-state index is 6.98. The lowest BCUT2D eigenvalue weighted by atomic mass is 9.92. The number of ether oxygens (including phenoxy) is 1. The van der Waals surface area contributed by atoms with Crippen molar-refractivity contribution in [2.75, 3.05) is 0 Å². The molecule has 0 saturated heterocycles. The molecule has 0 aliphatic carbocycles. The van der Waals surface area contributed by atoms with E-state index in [1.54, 1.807) is 0 Å². The second-order valence-corrected chi connectivity index (χ2v) is 17.6. The number of aromatic nitrogens is 1. The largest absolute Gasteiger partial charge is 0.543 e. The van der Waals surface area contributed by atoms with Gasteiger partial charge in [-0.25, -0.2) is 0 Å². The molecule has 36 heavy (non-hydrogen) atoms. The molecule has 1 N–H and O–H groups in total. The van der Waals surface area contributed by atoms with Gasteiger partial charge in [0.15, 0.2) is 0 Å². The zero-order valence-electron chi connectivity index (χ0n) is 24.0. The Labute approximate surface area is 219 Å². The van der Waals surface area contributed by atoms with Crippen molar-refractivity contribution in [3.8, 4) is 11.5 Å². The minimum absolute atomic E-state index is 0.289. The zero-order valence-corrected chi connectivity index (χ0v) is 25.0. The molecule has 0 saturated carbocycles. The Bertz CT molecular complexity index is 1300. The summed E-state index contributed by atoms with van der Waals surface area (Å²) in [4.78, 5) is 3.73. The fraction of sp³-hybridized carbons (Fsp3) is 0.500. The van der Waals surface area contributed by atoms with Crippen LogP contribution in [-0.2, 0) is 0 Å². The Balaban J connectivity index is 1.75. The van der Waals surface area contributed by atoms with Gasteiger partial charge in [0.2, 0.25) is 0 Å². The van der Waals surface area contributed by atoms with E-state index in [2.05, 4.69) is 117 Å². The van der Waals surface area contributed by atoms with Crippen molar-refractivity contribution in [2.45, 2.75) is 104 Å². The average molecular weight is 504 g/mol. The van der Waals surface area contributed by atoms with Crippen LogP contribution in [0.1, 0.15) is 86.3 Å². The highest BCUT2D eigenvalue weighted by atomic mass is 28.4. The van der Waals surface area contributed by atoms with E-state index in [0.717, 1.165) is 40.9 Å². The highest BCUT2D eigenvalue weighted by Gasteiger charge is 2.47. The molecule has 194 valence electrons. The number of nitrogens with one attached hydrogen (secondary N) is 1. The van der Waals surface area contributed by atoms with Crippen LogP contribution in [0.15, 0.2) is 42.0 Å². The van der Waals surface area contributed by atoms with Gasteiger partial charge in [0.25, 0.3) is 8.32 Å². The molecule has 2 aromatic carbocycles. The summed E-state index contributed by atoms with van der Waals surface area (Å²) in [5.41, 5.74) is 7.29. The van der Waals surface area contributed by atoms with Crippen LogP contribution >= 0.6 is 0 Å². The number of benzene rings is 2. The summed E-state index contributed by atoms with van der Waals surface area (Å²) in [5.74, 6) is 1.99. The van der Waals surface area contributed by atoms with Crippen LogP contribution in [0.3, 0.4) is 0 Å². The molecular formula is C32H45NO2Si. The first kappa shape index (κ1) is 26.6. The minimum atomic E-state index is -2.01. The number of hydrogen-bond acceptors (Lipinski definition) is 2. The topological polar surface area (TPSA) is 34.2 Å². The molecule has 4 rings (SSSR count). The van der Waals surface area contributed by atoms with E-state index in [1.165, 1.54) is 21.9 Å². The summed E-state index contributed by atoms with van der Waals surface area (Å²) in [7, 11) is -2.01. The summed E-state index contributed by atoms with van der Waals surface area (Å²) < 4.78 is 13.6. The molecular weight excluding hydrogens is 458 g/mol. The van der Waals surface area contributed by atoms with E-state index in [4.69, 9.17) is 9.16 Å². The number of aromatic amines is 1. The standard InChI is InChI=1S/C32H45NO2Si/c1-20(2)12-11-16-32(10)17-15-27-30-28(18-24(9)31(27)34-32)26-14-13-25(19-29(26)33-30)35-36(21(3)4,22(5)6)23(7)8/h12-15,17-19,21-23,33H,11,16H2,1-10H3. The van der Waals surface area contributed by atoms with Crippen molar-refractivity contribution in [2.24, 2.45) is 0 Å². The molecule has 1 aromatic heterocycles. The maximum atomic E-state index is 6.98. The molecule has 0 spiro atoms. The summed E-state index contributed by atoms with van der Waals surface area (Å²) in [6.45, 7) is 22.7. The fourth-order valence-electron chi connectivity index (χ4n) is 6.39. The van der Waals surface area contributed by atoms with E-state index in [0.29, 0.717) is 16.6 Å². The van der Waals surface area contributed by atoms with Crippen molar-refractivity contribution in [3.63, 3.8) is 0 Å². The van der Waals surface area contributed by atoms with Crippen LogP contribution in [0.5, 0.6) is 11.5 Å². The third-order valence-electron chi connectivity index (χ3n) is 8.18. The number of H-pyrrole nitrogens is 1. The highest BCUT2D eigenvalue weighted by molar-refractivity contribution is 6.78. The van der Waals surface area contributed by atoms with Crippen molar-refractivity contribution in [3.05, 3.63) is 53.1 Å². The second kappa shape index (κ2) is 9.78. The lowest BCUT2D eigenvalue weighted by Gasteiger charge is -2.42. The normalized spacial score (nSPS) is 17.8. The second-order valence-electron chi connectivity index (χ2n) is 12.2. The third kappa shape index (κ3) is 4.65. The van der Waals surface area contributed by atoms with Gasteiger partial charge in [0, 0.05) is 22.4 Å². The van der Waals surface area contributed by atoms with Gasteiger partial charge in [-0.15, -0.1) is 0 Å². The molecule has 3 nitrogen and oxygen atoms in total. The Kier molecular flexibility index (Phi) is 7.22. The van der Waals surface area contributed by atoms with Crippen LogP contribution in [0.2, 0.25) is 16.6 Å². The Morgan fingerprint density at radius 1 is 1.03 bits per heavy atom. The molecule has 4 heteroatoms. The smallest absolute Gasteiger partial charge is 0.258 e. The van der Waals surface area contributed by atoms with Gasteiger partial charge in [0.1, 0.15) is 17.1 Å². The van der Waals surface area contributed by atoms with Crippen LogP contribution < -0.4 is 9.16 Å². The predicted octanol–water partition coefficient (Wildman–Crippen LogP) is 10.1. The maximum Gasteiger partial charge on any atom is 0.258 e. The fourth-order valence-corrected chi connectivity index (χ4v) is 11.6. The predicted molar refractivity (Wildman–Crippen MR) is 159 cm³/mol. The average Bonchev–Trinajstić information content (AvgIpc) is 3.14. The zero-order chi connectivity index (χ0) is 26.4. The first-order valence-corrected chi connectivity index (χ1v) is 15.8. The molecule has 1 aliphatic heterocycles. The lowest BCUT2D eigenvalue weighted by molar-refractivity contribution is 0.128. The lowest BCUT2D eigenvalue weighted by Crippen LogP contribution is -2.50. The van der Waals surface area contributed by atoms with E-state index in [-0.39, 0.29) is 5.60 Å². The molecule has 0 fully saturated rings.